The maximum Gasteiger partial charge on any atom is 0.266 e. The van der Waals surface area contributed by atoms with Crippen LogP contribution in [0, 0.1) is 25.2 Å². The number of thiophene rings is 1. The van der Waals surface area contributed by atoms with E-state index in [1.165, 1.54) is 0 Å². The summed E-state index contributed by atoms with van der Waals surface area (Å²) in [5, 5.41) is 19.2. The summed E-state index contributed by atoms with van der Waals surface area (Å²) in [4.78, 5) is 13.8. The first-order valence-corrected chi connectivity index (χ1v) is 10.6. The van der Waals surface area contributed by atoms with Crippen LogP contribution in [-0.4, -0.2) is 15.7 Å². The van der Waals surface area contributed by atoms with Gasteiger partial charge in [0.25, 0.3) is 5.91 Å². The molecule has 4 aromatic rings. The van der Waals surface area contributed by atoms with Crippen molar-refractivity contribution in [1.29, 1.82) is 5.26 Å². The van der Waals surface area contributed by atoms with Crippen LogP contribution in [-0.2, 0) is 4.79 Å². The largest absolute Gasteiger partial charge is 0.321 e. The van der Waals surface area contributed by atoms with Gasteiger partial charge in [-0.25, -0.2) is 4.68 Å². The normalized spacial score (nSPS) is 11.2. The fourth-order valence-corrected chi connectivity index (χ4v) is 3.86. The summed E-state index contributed by atoms with van der Waals surface area (Å²) in [6, 6.07) is 21.4. The van der Waals surface area contributed by atoms with E-state index in [2.05, 4.69) is 5.32 Å². The molecule has 0 fully saturated rings. The first kappa shape index (κ1) is 20.3. The van der Waals surface area contributed by atoms with Crippen LogP contribution in [0.25, 0.3) is 22.3 Å². The van der Waals surface area contributed by atoms with Gasteiger partial charge in [0.15, 0.2) is 0 Å². The van der Waals surface area contributed by atoms with Crippen molar-refractivity contribution in [3.8, 4) is 22.3 Å². The number of carbonyl (C=O) groups is 1. The van der Waals surface area contributed by atoms with Crippen LogP contribution in [0.15, 0.2) is 77.8 Å². The summed E-state index contributed by atoms with van der Waals surface area (Å²) in [5.41, 5.74) is 5.23. The molecule has 2 aromatic heterocycles. The molecule has 0 spiro atoms. The molecule has 5 nitrogen and oxygen atoms in total. The molecule has 4 rings (SSSR count). The van der Waals surface area contributed by atoms with Gasteiger partial charge in [0.05, 0.1) is 10.6 Å². The zero-order valence-corrected chi connectivity index (χ0v) is 18.0. The van der Waals surface area contributed by atoms with E-state index in [9.17, 15) is 10.1 Å². The van der Waals surface area contributed by atoms with Crippen LogP contribution >= 0.6 is 11.3 Å². The highest BCUT2D eigenvalue weighted by molar-refractivity contribution is 7.13. The molecular formula is C25H20N4OS. The number of aromatic nitrogens is 2. The Bertz CT molecular complexity index is 1300. The maximum absolute atomic E-state index is 12.8. The number of nitrogens with zero attached hydrogens (tertiary/aromatic N) is 3. The Hall–Kier alpha value is -3.95. The second kappa shape index (κ2) is 8.82. The number of nitrogens with one attached hydrogen (secondary N) is 1. The smallest absolute Gasteiger partial charge is 0.266 e. The number of carbonyl (C=O) groups excluding carboxylic acids is 1. The van der Waals surface area contributed by atoms with Gasteiger partial charge in [-0.2, -0.15) is 10.4 Å². The van der Waals surface area contributed by atoms with Gasteiger partial charge in [-0.3, -0.25) is 4.79 Å². The minimum atomic E-state index is -0.449. The molecule has 1 N–H and O–H groups in total. The van der Waals surface area contributed by atoms with E-state index >= 15 is 0 Å². The van der Waals surface area contributed by atoms with Crippen molar-refractivity contribution in [2.24, 2.45) is 0 Å². The lowest BCUT2D eigenvalue weighted by molar-refractivity contribution is -0.112. The predicted octanol–water partition coefficient (Wildman–Crippen LogP) is 5.76. The number of benzene rings is 2. The molecule has 1 amide bonds. The molecule has 0 saturated heterocycles. The van der Waals surface area contributed by atoms with Gasteiger partial charge < -0.3 is 5.32 Å². The zero-order valence-electron chi connectivity index (χ0n) is 17.2. The number of aryl methyl sites for hydroxylation is 2. The van der Waals surface area contributed by atoms with E-state index in [0.717, 1.165) is 27.4 Å². The van der Waals surface area contributed by atoms with E-state index < -0.39 is 5.91 Å². The quantitative estimate of drug-likeness (QED) is 0.327. The number of hydrogen-bond acceptors (Lipinski definition) is 4. The lowest BCUT2D eigenvalue weighted by atomic mass is 10.1. The summed E-state index contributed by atoms with van der Waals surface area (Å²) in [6.45, 7) is 4.00. The van der Waals surface area contributed by atoms with Crippen LogP contribution in [0.1, 0.15) is 16.7 Å². The summed E-state index contributed by atoms with van der Waals surface area (Å²) in [5.74, 6) is -0.449. The van der Waals surface area contributed by atoms with Crippen molar-refractivity contribution in [2.45, 2.75) is 13.8 Å². The number of rotatable bonds is 5. The highest BCUT2D eigenvalue weighted by Gasteiger charge is 2.16. The van der Waals surface area contributed by atoms with Crippen LogP contribution in [0.5, 0.6) is 0 Å². The fraction of sp³-hybridized carbons (Fsp3) is 0.0800. The molecule has 0 radical (unpaired) electrons. The second-order valence-corrected chi connectivity index (χ2v) is 8.06. The Morgan fingerprint density at radius 3 is 2.58 bits per heavy atom. The van der Waals surface area contributed by atoms with E-state index in [4.69, 9.17) is 5.10 Å². The van der Waals surface area contributed by atoms with Crippen molar-refractivity contribution in [3.05, 3.63) is 94.5 Å². The van der Waals surface area contributed by atoms with Gasteiger partial charge >= 0.3 is 0 Å². The van der Waals surface area contributed by atoms with E-state index in [0.29, 0.717) is 11.3 Å². The lowest BCUT2D eigenvalue weighted by Crippen LogP contribution is -2.13. The van der Waals surface area contributed by atoms with Crippen molar-refractivity contribution >= 4 is 29.0 Å². The molecule has 152 valence electrons. The highest BCUT2D eigenvalue weighted by Crippen LogP contribution is 2.29. The number of nitriles is 1. The summed E-state index contributed by atoms with van der Waals surface area (Å²) < 4.78 is 1.76. The number of amides is 1. The average Bonchev–Trinajstić information content (AvgIpc) is 3.45. The van der Waals surface area contributed by atoms with Crippen molar-refractivity contribution in [3.63, 3.8) is 0 Å². The maximum atomic E-state index is 12.8. The van der Waals surface area contributed by atoms with Crippen LogP contribution in [0.3, 0.4) is 0 Å². The Balaban J connectivity index is 1.71. The lowest BCUT2D eigenvalue weighted by Gasteiger charge is -2.07. The minimum Gasteiger partial charge on any atom is -0.321 e. The molecular weight excluding hydrogens is 404 g/mol. The number of anilines is 1. The Morgan fingerprint density at radius 1 is 1.10 bits per heavy atom. The van der Waals surface area contributed by atoms with E-state index in [-0.39, 0.29) is 5.57 Å². The Morgan fingerprint density at radius 2 is 1.90 bits per heavy atom. The van der Waals surface area contributed by atoms with E-state index in [1.54, 1.807) is 22.1 Å². The molecule has 0 aliphatic heterocycles. The molecule has 0 aliphatic rings. The Labute approximate surface area is 184 Å². The molecule has 6 heteroatoms. The Kier molecular flexibility index (Phi) is 5.78. The van der Waals surface area contributed by atoms with E-state index in [1.807, 2.05) is 92.2 Å². The molecule has 0 bridgehead atoms. The number of hydrogen-bond donors (Lipinski definition) is 1. The molecule has 2 heterocycles. The first-order valence-electron chi connectivity index (χ1n) is 9.74. The summed E-state index contributed by atoms with van der Waals surface area (Å²) in [7, 11) is 0. The monoisotopic (exact) mass is 424 g/mol. The summed E-state index contributed by atoms with van der Waals surface area (Å²) >= 11 is 1.56. The topological polar surface area (TPSA) is 70.7 Å². The minimum absolute atomic E-state index is 0.0173. The predicted molar refractivity (Wildman–Crippen MR) is 125 cm³/mol. The molecule has 0 unspecified atom stereocenters. The van der Waals surface area contributed by atoms with Gasteiger partial charge in [0.2, 0.25) is 0 Å². The fourth-order valence-electron chi connectivity index (χ4n) is 3.13. The van der Waals surface area contributed by atoms with Crippen LogP contribution in [0.2, 0.25) is 0 Å². The van der Waals surface area contributed by atoms with Gasteiger partial charge in [-0.15, -0.1) is 11.3 Å². The van der Waals surface area contributed by atoms with Gasteiger partial charge in [-0.05, 0) is 66.8 Å². The van der Waals surface area contributed by atoms with Crippen LogP contribution < -0.4 is 5.32 Å². The third kappa shape index (κ3) is 4.47. The van der Waals surface area contributed by atoms with Crippen molar-refractivity contribution < 1.29 is 4.79 Å². The molecule has 0 atom stereocenters. The molecule has 31 heavy (non-hydrogen) atoms. The van der Waals surface area contributed by atoms with Crippen LogP contribution in [0.4, 0.5) is 5.69 Å². The van der Waals surface area contributed by atoms with Gasteiger partial charge in [-0.1, -0.05) is 30.3 Å². The molecule has 0 aliphatic carbocycles. The summed E-state index contributed by atoms with van der Waals surface area (Å²) in [6.07, 6.45) is 3.43. The zero-order chi connectivity index (χ0) is 21.8. The third-order valence-corrected chi connectivity index (χ3v) is 5.82. The second-order valence-electron chi connectivity index (χ2n) is 7.11. The highest BCUT2D eigenvalue weighted by atomic mass is 32.1. The first-order chi connectivity index (χ1) is 15.0. The van der Waals surface area contributed by atoms with Crippen molar-refractivity contribution in [2.75, 3.05) is 5.32 Å². The van der Waals surface area contributed by atoms with Gasteiger partial charge in [0, 0.05) is 17.4 Å². The third-order valence-electron chi connectivity index (χ3n) is 4.95. The van der Waals surface area contributed by atoms with Crippen molar-refractivity contribution in [1.82, 2.24) is 9.78 Å². The molecule has 2 aromatic carbocycles. The number of para-hydroxylation sites is 1. The average molecular weight is 425 g/mol. The molecule has 0 saturated carbocycles. The standard InChI is InChI=1S/C25H20N4OS/c1-17-10-11-21(13-18(17)2)27-25(30)19(15-26)14-20-16-29(22-7-4-3-5-8-22)28-24(20)23-9-6-12-31-23/h3-14,16H,1-2H3,(H,27,30)/b19-14-. The SMILES string of the molecule is Cc1ccc(NC(=O)/C(C#N)=C\c2cn(-c3ccccc3)nc2-c2cccs2)cc1C. The van der Waals surface area contributed by atoms with Gasteiger partial charge in [0.1, 0.15) is 17.3 Å².